The van der Waals surface area contributed by atoms with Crippen molar-refractivity contribution in [3.05, 3.63) is 0 Å². The van der Waals surface area contributed by atoms with Crippen LogP contribution in [0.25, 0.3) is 0 Å². The summed E-state index contributed by atoms with van der Waals surface area (Å²) in [6.07, 6.45) is 0. The first-order valence-electron chi connectivity index (χ1n) is 4.63. The van der Waals surface area contributed by atoms with Crippen LogP contribution in [0.15, 0.2) is 0 Å². The van der Waals surface area contributed by atoms with E-state index < -0.39 is 20.0 Å². The molecule has 0 aliphatic rings. The molecule has 0 heterocycles. The Morgan fingerprint density at radius 3 is 1.53 bits per heavy atom. The van der Waals surface area contributed by atoms with Gasteiger partial charge in [-0.05, 0) is 20.8 Å². The predicted molar refractivity (Wildman–Crippen MR) is 63.0 cm³/mol. The zero-order valence-corrected chi connectivity index (χ0v) is 11.4. The molecule has 0 atom stereocenters. The molecular weight excluding hydrogens is 214 g/mol. The Bertz CT molecular complexity index is 318. The fourth-order valence-electron chi connectivity index (χ4n) is 0.606. The Kier molecular flexibility index (Phi) is 5.23. The lowest BCUT2D eigenvalue weighted by Gasteiger charge is -2.22. The van der Waals surface area contributed by atoms with E-state index in [1.165, 1.54) is 0 Å². The van der Waals surface area contributed by atoms with Crippen LogP contribution < -0.4 is 6.15 Å². The molecule has 0 saturated carbocycles. The van der Waals surface area contributed by atoms with Crippen molar-refractivity contribution in [3.63, 3.8) is 0 Å². The molecule has 15 heavy (non-hydrogen) atoms. The van der Waals surface area contributed by atoms with Gasteiger partial charge >= 0.3 is 0 Å². The molecule has 0 rings (SSSR count). The second kappa shape index (κ2) is 4.61. The Morgan fingerprint density at radius 2 is 1.33 bits per heavy atom. The number of hydrogen-bond acceptors (Lipinski definition) is 4. The third kappa shape index (κ3) is 4.75. The lowest BCUT2D eigenvalue weighted by molar-refractivity contribution is -0.123. The van der Waals surface area contributed by atoms with Gasteiger partial charge in [0.25, 0.3) is 0 Å². The molecule has 0 spiro atoms. The third-order valence-electron chi connectivity index (χ3n) is 2.09. The van der Waals surface area contributed by atoms with Crippen molar-refractivity contribution in [2.24, 2.45) is 5.41 Å². The molecule has 0 aliphatic heterocycles. The average Bonchev–Trinajstić information content (AvgIpc) is 1.80. The molecule has 0 radical (unpaired) electrons. The van der Waals surface area contributed by atoms with Crippen molar-refractivity contribution in [2.45, 2.75) is 46.3 Å². The molecule has 5 heteroatoms. The largest absolute Gasteiger partial charge is 0.344 e. The molecule has 0 aromatic carbocycles. The molecule has 0 aromatic heterocycles. The summed E-state index contributed by atoms with van der Waals surface area (Å²) >= 11 is 0. The summed E-state index contributed by atoms with van der Waals surface area (Å²) in [5, 5.41) is 0. The van der Waals surface area contributed by atoms with Crippen molar-refractivity contribution < 1.29 is 13.2 Å². The number of hydrogen-bond donors (Lipinski definition) is 1. The summed E-state index contributed by atoms with van der Waals surface area (Å²) in [6.45, 7) is 10.0. The maximum Gasteiger partial charge on any atom is 0.162 e. The highest BCUT2D eigenvalue weighted by molar-refractivity contribution is 7.93. The SMILES string of the molecule is CC(C)(C)C(=O)CS(=O)(=O)C(C)(C)C.N. The number of carbonyl (C=O) groups excluding carboxylic acids is 1. The number of sulfone groups is 1. The molecule has 0 unspecified atom stereocenters. The summed E-state index contributed by atoms with van der Waals surface area (Å²) in [5.41, 5.74) is -0.585. The van der Waals surface area contributed by atoms with Crippen molar-refractivity contribution >= 4 is 15.6 Å². The van der Waals surface area contributed by atoms with Gasteiger partial charge in [-0.2, -0.15) is 0 Å². The minimum absolute atomic E-state index is 0. The van der Waals surface area contributed by atoms with Crippen LogP contribution in [0.4, 0.5) is 0 Å². The molecule has 0 aromatic rings. The summed E-state index contributed by atoms with van der Waals surface area (Å²) < 4.78 is 22.5. The summed E-state index contributed by atoms with van der Waals surface area (Å²) in [5.74, 6) is -0.590. The molecule has 0 fully saturated rings. The van der Waals surface area contributed by atoms with E-state index in [-0.39, 0.29) is 17.7 Å². The van der Waals surface area contributed by atoms with E-state index in [1.54, 1.807) is 41.5 Å². The molecule has 92 valence electrons. The lowest BCUT2D eigenvalue weighted by atomic mass is 9.92. The van der Waals surface area contributed by atoms with E-state index in [0.717, 1.165) is 0 Å². The molecule has 0 aliphatic carbocycles. The summed E-state index contributed by atoms with van der Waals surface area (Å²) in [4.78, 5) is 11.5. The van der Waals surface area contributed by atoms with Gasteiger partial charge in [0.1, 0.15) is 5.75 Å². The Hall–Kier alpha value is -0.420. The topological polar surface area (TPSA) is 86.2 Å². The van der Waals surface area contributed by atoms with Crippen molar-refractivity contribution in [1.29, 1.82) is 0 Å². The van der Waals surface area contributed by atoms with Gasteiger partial charge in [-0.1, -0.05) is 20.8 Å². The van der Waals surface area contributed by atoms with Gasteiger partial charge in [-0.15, -0.1) is 0 Å². The molecule has 4 nitrogen and oxygen atoms in total. The standard InChI is InChI=1S/C10H20O3S.H3N/c1-9(2,3)8(11)7-14(12,13)10(4,5)6;/h7H2,1-6H3;1H3. The molecule has 3 N–H and O–H groups in total. The van der Waals surface area contributed by atoms with E-state index in [4.69, 9.17) is 0 Å². The molecule has 0 amide bonds. The number of carbonyl (C=O) groups is 1. The normalized spacial score (nSPS) is 13.2. The lowest BCUT2D eigenvalue weighted by Crippen LogP contribution is -2.37. The first-order chi connectivity index (χ1) is 5.88. The van der Waals surface area contributed by atoms with E-state index >= 15 is 0 Å². The van der Waals surface area contributed by atoms with Gasteiger partial charge in [0.2, 0.25) is 0 Å². The summed E-state index contributed by atoms with van der Waals surface area (Å²) in [7, 11) is -3.33. The second-order valence-electron chi connectivity index (χ2n) is 5.54. The van der Waals surface area contributed by atoms with E-state index in [0.29, 0.717) is 0 Å². The smallest absolute Gasteiger partial charge is 0.162 e. The Morgan fingerprint density at radius 1 is 1.00 bits per heavy atom. The van der Waals surface area contributed by atoms with Crippen LogP contribution >= 0.6 is 0 Å². The van der Waals surface area contributed by atoms with Crippen LogP contribution in [-0.4, -0.2) is 24.7 Å². The summed E-state index contributed by atoms with van der Waals surface area (Å²) in [6, 6.07) is 0. The highest BCUT2D eigenvalue weighted by atomic mass is 32.2. The van der Waals surface area contributed by atoms with E-state index in [1.807, 2.05) is 0 Å². The fraction of sp³-hybridized carbons (Fsp3) is 0.900. The highest BCUT2D eigenvalue weighted by Crippen LogP contribution is 2.21. The molecule has 0 bridgehead atoms. The van der Waals surface area contributed by atoms with Gasteiger partial charge in [0.15, 0.2) is 15.6 Å². The Labute approximate surface area is 92.9 Å². The monoisotopic (exact) mass is 237 g/mol. The average molecular weight is 237 g/mol. The van der Waals surface area contributed by atoms with Crippen LogP contribution in [0, 0.1) is 5.41 Å². The van der Waals surface area contributed by atoms with Crippen LogP contribution in [-0.2, 0) is 14.6 Å². The van der Waals surface area contributed by atoms with E-state index in [9.17, 15) is 13.2 Å². The number of Topliss-reactive ketones (excluding diaryl/α,β-unsaturated/α-hetero) is 1. The zero-order chi connectivity index (χ0) is 11.8. The van der Waals surface area contributed by atoms with Gasteiger partial charge in [0, 0.05) is 5.41 Å². The van der Waals surface area contributed by atoms with Crippen LogP contribution in [0.1, 0.15) is 41.5 Å². The number of ketones is 1. The van der Waals surface area contributed by atoms with Crippen LogP contribution in [0.5, 0.6) is 0 Å². The minimum atomic E-state index is -3.33. The van der Waals surface area contributed by atoms with Gasteiger partial charge in [-0.25, -0.2) is 8.42 Å². The number of rotatable bonds is 2. The van der Waals surface area contributed by atoms with Crippen molar-refractivity contribution in [2.75, 3.05) is 5.75 Å². The first kappa shape index (κ1) is 17.0. The third-order valence-corrected chi connectivity index (χ3v) is 4.60. The van der Waals surface area contributed by atoms with Gasteiger partial charge < -0.3 is 6.15 Å². The molecular formula is C10H23NO3S. The van der Waals surface area contributed by atoms with Crippen molar-refractivity contribution in [1.82, 2.24) is 6.15 Å². The van der Waals surface area contributed by atoms with Gasteiger partial charge in [-0.3, -0.25) is 4.79 Å². The quantitative estimate of drug-likeness (QED) is 0.795. The van der Waals surface area contributed by atoms with Gasteiger partial charge in [0.05, 0.1) is 4.75 Å². The predicted octanol–water partition coefficient (Wildman–Crippen LogP) is 1.98. The maximum absolute atomic E-state index is 11.7. The molecule has 0 saturated heterocycles. The minimum Gasteiger partial charge on any atom is -0.344 e. The Balaban J connectivity index is 0. The van der Waals surface area contributed by atoms with E-state index in [2.05, 4.69) is 0 Å². The zero-order valence-electron chi connectivity index (χ0n) is 10.5. The maximum atomic E-state index is 11.7. The second-order valence-corrected chi connectivity index (χ2v) is 8.29. The van der Waals surface area contributed by atoms with Crippen LogP contribution in [0.3, 0.4) is 0 Å². The first-order valence-corrected chi connectivity index (χ1v) is 6.29. The fourth-order valence-corrected chi connectivity index (χ4v) is 1.82. The van der Waals surface area contributed by atoms with Crippen molar-refractivity contribution in [3.8, 4) is 0 Å². The van der Waals surface area contributed by atoms with Crippen LogP contribution in [0.2, 0.25) is 0 Å². The highest BCUT2D eigenvalue weighted by Gasteiger charge is 2.34.